The minimum atomic E-state index is 0.618. The second kappa shape index (κ2) is 9.15. The van der Waals surface area contributed by atoms with E-state index in [0.717, 1.165) is 25.0 Å². The van der Waals surface area contributed by atoms with Crippen LogP contribution in [0.1, 0.15) is 77.6 Å². The number of nitrogens with one attached hydrogen (secondary N) is 1. The molecule has 2 fully saturated rings. The van der Waals surface area contributed by atoms with Crippen molar-refractivity contribution in [1.82, 2.24) is 5.32 Å². The summed E-state index contributed by atoms with van der Waals surface area (Å²) in [5, 5.41) is 3.71. The molecule has 0 unspecified atom stereocenters. The van der Waals surface area contributed by atoms with Gasteiger partial charge in [-0.2, -0.15) is 0 Å². The second-order valence-electron chi connectivity index (χ2n) is 7.60. The predicted octanol–water partition coefficient (Wildman–Crippen LogP) is 4.78. The van der Waals surface area contributed by atoms with E-state index in [9.17, 15) is 0 Å². The Morgan fingerprint density at radius 1 is 1.10 bits per heavy atom. The van der Waals surface area contributed by atoms with Gasteiger partial charge in [0.15, 0.2) is 0 Å². The number of methoxy groups -OCH3 is 1. The van der Waals surface area contributed by atoms with Gasteiger partial charge in [-0.3, -0.25) is 0 Å². The van der Waals surface area contributed by atoms with Gasteiger partial charge in [-0.15, -0.1) is 0 Å². The monoisotopic (exact) mass is 295 g/mol. The van der Waals surface area contributed by atoms with Crippen LogP contribution in [0.4, 0.5) is 0 Å². The van der Waals surface area contributed by atoms with Gasteiger partial charge in [-0.25, -0.2) is 0 Å². The average Bonchev–Trinajstić information content (AvgIpc) is 3.06. The van der Waals surface area contributed by atoms with Crippen molar-refractivity contribution in [3.63, 3.8) is 0 Å². The Balaban J connectivity index is 1.85. The molecule has 2 rings (SSSR count). The number of ether oxygens (including phenoxy) is 1. The van der Waals surface area contributed by atoms with E-state index in [1.54, 1.807) is 7.11 Å². The highest BCUT2D eigenvalue weighted by Gasteiger charge is 2.42. The van der Waals surface area contributed by atoms with Crippen molar-refractivity contribution < 1.29 is 4.74 Å². The van der Waals surface area contributed by atoms with E-state index in [1.807, 2.05) is 0 Å². The van der Waals surface area contributed by atoms with Gasteiger partial charge in [0.05, 0.1) is 6.61 Å². The summed E-state index contributed by atoms with van der Waals surface area (Å²) >= 11 is 0. The van der Waals surface area contributed by atoms with Crippen LogP contribution in [0.2, 0.25) is 0 Å². The molecule has 0 bridgehead atoms. The summed E-state index contributed by atoms with van der Waals surface area (Å²) < 4.78 is 5.19. The largest absolute Gasteiger partial charge is 0.383 e. The van der Waals surface area contributed by atoms with Crippen LogP contribution >= 0.6 is 0 Å². The molecule has 0 atom stereocenters. The molecule has 2 aliphatic carbocycles. The fourth-order valence-electron chi connectivity index (χ4n) is 4.81. The van der Waals surface area contributed by atoms with Crippen molar-refractivity contribution >= 4 is 0 Å². The van der Waals surface area contributed by atoms with Gasteiger partial charge in [0.2, 0.25) is 0 Å². The molecule has 0 aromatic heterocycles. The summed E-state index contributed by atoms with van der Waals surface area (Å²) in [4.78, 5) is 0. The van der Waals surface area contributed by atoms with Crippen LogP contribution < -0.4 is 5.32 Å². The number of unbranched alkanes of at least 4 members (excludes halogenated alkanes) is 1. The first-order valence-electron chi connectivity index (χ1n) is 9.50. The molecule has 124 valence electrons. The van der Waals surface area contributed by atoms with Gasteiger partial charge < -0.3 is 10.1 Å². The molecule has 0 aromatic carbocycles. The Morgan fingerprint density at radius 2 is 1.81 bits per heavy atom. The lowest BCUT2D eigenvalue weighted by Gasteiger charge is -2.45. The fraction of sp³-hybridized carbons (Fsp3) is 1.00. The third kappa shape index (κ3) is 4.96. The molecule has 21 heavy (non-hydrogen) atoms. The Bertz CT molecular complexity index is 265. The molecule has 0 amide bonds. The van der Waals surface area contributed by atoms with E-state index >= 15 is 0 Å². The summed E-state index contributed by atoms with van der Waals surface area (Å²) in [6.45, 7) is 5.43. The van der Waals surface area contributed by atoms with Crippen LogP contribution in [-0.4, -0.2) is 26.8 Å². The molecular formula is C19H37NO. The SMILES string of the molecule is CCCCC1CCC(CNCCOC)(C2CCCC2)CC1. The van der Waals surface area contributed by atoms with Crippen molar-refractivity contribution in [3.8, 4) is 0 Å². The van der Waals surface area contributed by atoms with E-state index in [0.29, 0.717) is 5.41 Å². The molecule has 0 aliphatic heterocycles. The molecule has 2 aliphatic rings. The maximum atomic E-state index is 5.19. The summed E-state index contributed by atoms with van der Waals surface area (Å²) in [6.07, 6.45) is 16.2. The first-order valence-corrected chi connectivity index (χ1v) is 9.50. The Kier molecular flexibility index (Phi) is 7.53. The number of rotatable bonds is 9. The van der Waals surface area contributed by atoms with E-state index < -0.39 is 0 Å². The molecule has 0 heterocycles. The number of hydrogen-bond acceptors (Lipinski definition) is 2. The zero-order valence-corrected chi connectivity index (χ0v) is 14.5. The Labute approximate surface area is 132 Å². The summed E-state index contributed by atoms with van der Waals surface area (Å²) in [5.74, 6) is 2.03. The maximum absolute atomic E-state index is 5.19. The minimum Gasteiger partial charge on any atom is -0.383 e. The van der Waals surface area contributed by atoms with Crippen molar-refractivity contribution in [2.75, 3.05) is 26.8 Å². The number of hydrogen-bond donors (Lipinski definition) is 1. The average molecular weight is 296 g/mol. The third-order valence-corrected chi connectivity index (χ3v) is 6.25. The fourth-order valence-corrected chi connectivity index (χ4v) is 4.81. The summed E-state index contributed by atoms with van der Waals surface area (Å²) in [6, 6.07) is 0. The van der Waals surface area contributed by atoms with Gasteiger partial charge in [0, 0.05) is 20.2 Å². The van der Waals surface area contributed by atoms with Crippen molar-refractivity contribution in [2.24, 2.45) is 17.3 Å². The summed E-state index contributed by atoms with van der Waals surface area (Å²) in [5.41, 5.74) is 0.618. The molecule has 1 N–H and O–H groups in total. The Hall–Kier alpha value is -0.0800. The second-order valence-corrected chi connectivity index (χ2v) is 7.60. The predicted molar refractivity (Wildman–Crippen MR) is 90.6 cm³/mol. The van der Waals surface area contributed by atoms with Gasteiger partial charge in [0.25, 0.3) is 0 Å². The molecule has 2 heteroatoms. The van der Waals surface area contributed by atoms with Crippen LogP contribution in [0, 0.1) is 17.3 Å². The van der Waals surface area contributed by atoms with Crippen LogP contribution in [0.3, 0.4) is 0 Å². The maximum Gasteiger partial charge on any atom is 0.0587 e. The molecule has 0 radical (unpaired) electrons. The van der Waals surface area contributed by atoms with Gasteiger partial charge in [-0.1, -0.05) is 39.0 Å². The highest BCUT2D eigenvalue weighted by atomic mass is 16.5. The van der Waals surface area contributed by atoms with Crippen molar-refractivity contribution in [1.29, 1.82) is 0 Å². The lowest BCUT2D eigenvalue weighted by atomic mass is 9.62. The first kappa shape index (κ1) is 17.3. The first-order chi connectivity index (χ1) is 10.3. The van der Waals surface area contributed by atoms with Crippen LogP contribution in [0.15, 0.2) is 0 Å². The van der Waals surface area contributed by atoms with Gasteiger partial charge in [-0.05, 0) is 55.8 Å². The quantitative estimate of drug-likeness (QED) is 0.618. The van der Waals surface area contributed by atoms with Crippen LogP contribution in [0.5, 0.6) is 0 Å². The standard InChI is InChI=1S/C19H37NO/c1-3-4-7-17-10-12-19(13-11-17,16-20-14-15-21-2)18-8-5-6-9-18/h17-18,20H,3-16H2,1-2H3. The van der Waals surface area contributed by atoms with Gasteiger partial charge >= 0.3 is 0 Å². The van der Waals surface area contributed by atoms with E-state index in [-0.39, 0.29) is 0 Å². The lowest BCUT2D eigenvalue weighted by molar-refractivity contribution is 0.0683. The topological polar surface area (TPSA) is 21.3 Å². The zero-order valence-electron chi connectivity index (χ0n) is 14.5. The van der Waals surface area contributed by atoms with Crippen molar-refractivity contribution in [2.45, 2.75) is 77.6 Å². The smallest absolute Gasteiger partial charge is 0.0587 e. The highest BCUT2D eigenvalue weighted by molar-refractivity contribution is 4.94. The van der Waals surface area contributed by atoms with Crippen LogP contribution in [-0.2, 0) is 4.74 Å². The molecular weight excluding hydrogens is 258 g/mol. The third-order valence-electron chi connectivity index (χ3n) is 6.25. The Morgan fingerprint density at radius 3 is 2.43 bits per heavy atom. The summed E-state index contributed by atoms with van der Waals surface area (Å²) in [7, 11) is 1.80. The normalized spacial score (nSPS) is 30.9. The zero-order chi connectivity index (χ0) is 15.0. The van der Waals surface area contributed by atoms with Gasteiger partial charge in [0.1, 0.15) is 0 Å². The molecule has 2 saturated carbocycles. The van der Waals surface area contributed by atoms with Crippen LogP contribution in [0.25, 0.3) is 0 Å². The molecule has 2 nitrogen and oxygen atoms in total. The highest BCUT2D eigenvalue weighted by Crippen LogP contribution is 2.50. The molecule has 0 saturated heterocycles. The van der Waals surface area contributed by atoms with E-state index in [4.69, 9.17) is 4.74 Å². The van der Waals surface area contributed by atoms with E-state index in [2.05, 4.69) is 12.2 Å². The van der Waals surface area contributed by atoms with E-state index in [1.165, 1.54) is 77.2 Å². The lowest BCUT2D eigenvalue weighted by Crippen LogP contribution is -2.43. The molecule has 0 spiro atoms. The van der Waals surface area contributed by atoms with Crippen molar-refractivity contribution in [3.05, 3.63) is 0 Å². The minimum absolute atomic E-state index is 0.618. The molecule has 0 aromatic rings.